The van der Waals surface area contributed by atoms with Gasteiger partial charge in [0.1, 0.15) is 11.9 Å². The van der Waals surface area contributed by atoms with Gasteiger partial charge in [0.25, 0.3) is 0 Å². The molecule has 1 saturated heterocycles. The molecule has 9 nitrogen and oxygen atoms in total. The molecular weight excluding hydrogens is 382 g/mol. The van der Waals surface area contributed by atoms with Crippen LogP contribution in [0.15, 0.2) is 18.5 Å². The number of H-pyrrole nitrogens is 1. The van der Waals surface area contributed by atoms with Crippen LogP contribution >= 0.6 is 0 Å². The van der Waals surface area contributed by atoms with Gasteiger partial charge in [-0.25, -0.2) is 9.78 Å². The first-order valence-electron chi connectivity index (χ1n) is 11.1. The number of ether oxygens (including phenoxy) is 1. The molecule has 2 N–H and O–H groups in total. The fourth-order valence-electron chi connectivity index (χ4n) is 5.09. The maximum absolute atomic E-state index is 12.3. The van der Waals surface area contributed by atoms with Gasteiger partial charge in [0.2, 0.25) is 0 Å². The van der Waals surface area contributed by atoms with Gasteiger partial charge in [-0.1, -0.05) is 13.3 Å². The monoisotopic (exact) mass is 411 g/mol. The second-order valence-electron chi connectivity index (χ2n) is 8.47. The van der Waals surface area contributed by atoms with E-state index in [0.29, 0.717) is 12.5 Å². The van der Waals surface area contributed by atoms with E-state index in [-0.39, 0.29) is 18.1 Å². The number of aromatic nitrogens is 5. The number of carbonyl (C=O) groups is 1. The van der Waals surface area contributed by atoms with Gasteiger partial charge < -0.3 is 19.9 Å². The molecule has 2 aliphatic rings. The highest BCUT2D eigenvalue weighted by Crippen LogP contribution is 2.42. The maximum atomic E-state index is 12.3. The summed E-state index contributed by atoms with van der Waals surface area (Å²) in [4.78, 5) is 22.2. The number of rotatable bonds is 6. The molecule has 0 spiro atoms. The summed E-state index contributed by atoms with van der Waals surface area (Å²) in [6.45, 7) is 5.99. The van der Waals surface area contributed by atoms with Crippen molar-refractivity contribution in [2.24, 2.45) is 5.92 Å². The van der Waals surface area contributed by atoms with Crippen molar-refractivity contribution in [3.8, 4) is 0 Å². The third kappa shape index (κ3) is 3.62. The van der Waals surface area contributed by atoms with Gasteiger partial charge in [-0.05, 0) is 50.8 Å². The largest absolute Gasteiger partial charge is 0.446 e. The molecule has 0 bridgehead atoms. The molecule has 3 aromatic rings. The molecule has 160 valence electrons. The van der Waals surface area contributed by atoms with Crippen LogP contribution in [0.2, 0.25) is 0 Å². The number of aromatic amines is 1. The van der Waals surface area contributed by atoms with Crippen LogP contribution in [0, 0.1) is 5.92 Å². The second-order valence-corrected chi connectivity index (χ2v) is 8.47. The van der Waals surface area contributed by atoms with E-state index in [4.69, 9.17) is 4.74 Å². The van der Waals surface area contributed by atoms with E-state index in [1.165, 1.54) is 12.8 Å². The van der Waals surface area contributed by atoms with Gasteiger partial charge in [-0.3, -0.25) is 4.40 Å². The maximum Gasteiger partial charge on any atom is 0.407 e. The molecule has 3 atom stereocenters. The Labute approximate surface area is 175 Å². The topological polar surface area (TPSA) is 100 Å². The Morgan fingerprint density at radius 3 is 3.00 bits per heavy atom. The first kappa shape index (κ1) is 19.3. The average molecular weight is 412 g/mol. The highest BCUT2D eigenvalue weighted by atomic mass is 16.6. The zero-order chi connectivity index (χ0) is 20.5. The Morgan fingerprint density at radius 1 is 1.30 bits per heavy atom. The molecule has 1 aliphatic heterocycles. The molecule has 0 radical (unpaired) electrons. The van der Waals surface area contributed by atoms with Crippen LogP contribution in [0.5, 0.6) is 0 Å². The van der Waals surface area contributed by atoms with Crippen molar-refractivity contribution in [3.63, 3.8) is 0 Å². The van der Waals surface area contributed by atoms with E-state index in [0.717, 1.165) is 61.5 Å². The van der Waals surface area contributed by atoms with Crippen molar-refractivity contribution in [2.75, 3.05) is 26.2 Å². The van der Waals surface area contributed by atoms with Gasteiger partial charge in [0.15, 0.2) is 11.3 Å². The molecule has 1 aliphatic carbocycles. The van der Waals surface area contributed by atoms with Crippen LogP contribution in [0.25, 0.3) is 16.8 Å². The van der Waals surface area contributed by atoms with E-state index < -0.39 is 0 Å². The number of nitrogens with one attached hydrogen (secondary N) is 2. The fourth-order valence-corrected chi connectivity index (χ4v) is 5.09. The number of likely N-dealkylation sites (tertiary alicyclic amines) is 1. The van der Waals surface area contributed by atoms with Crippen LogP contribution in [-0.2, 0) is 4.74 Å². The Morgan fingerprint density at radius 2 is 2.17 bits per heavy atom. The van der Waals surface area contributed by atoms with Crippen molar-refractivity contribution < 1.29 is 9.53 Å². The summed E-state index contributed by atoms with van der Waals surface area (Å²) in [7, 11) is 0. The lowest BCUT2D eigenvalue weighted by Crippen LogP contribution is -2.35. The summed E-state index contributed by atoms with van der Waals surface area (Å²) in [6.07, 6.45) is 8.38. The quantitative estimate of drug-likeness (QED) is 0.647. The zero-order valence-corrected chi connectivity index (χ0v) is 17.4. The van der Waals surface area contributed by atoms with Crippen molar-refractivity contribution >= 4 is 22.9 Å². The molecule has 1 amide bonds. The van der Waals surface area contributed by atoms with Crippen molar-refractivity contribution in [3.05, 3.63) is 24.3 Å². The molecular formula is C21H29N7O2. The van der Waals surface area contributed by atoms with Crippen LogP contribution in [0.3, 0.4) is 0 Å². The summed E-state index contributed by atoms with van der Waals surface area (Å²) in [5.41, 5.74) is 2.54. The van der Waals surface area contributed by atoms with Crippen molar-refractivity contribution in [2.45, 2.75) is 51.0 Å². The third-order valence-corrected chi connectivity index (χ3v) is 6.64. The standard InChI is InChI=1S/C21H29N7O2/c1-2-14-11-15(30-21(29)23-7-10-27-8-3-4-9-27)12-16(14)20-26-25-18-13-24-19-17(28(18)20)5-6-22-19/h5-6,13-16,22H,2-4,7-12H2,1H3,(H,23,29)/t14-,15+,16+/m1/s1. The predicted octanol–water partition coefficient (Wildman–Crippen LogP) is 2.70. The Kier molecular flexibility index (Phi) is 5.28. The number of amides is 1. The van der Waals surface area contributed by atoms with Gasteiger partial charge in [-0.15, -0.1) is 10.2 Å². The Bertz CT molecular complexity index is 1020. The molecule has 0 aromatic carbocycles. The summed E-state index contributed by atoms with van der Waals surface area (Å²) in [5, 5.41) is 11.8. The molecule has 3 aromatic heterocycles. The number of hydrogen-bond donors (Lipinski definition) is 2. The smallest absolute Gasteiger partial charge is 0.407 e. The lowest BCUT2D eigenvalue weighted by Gasteiger charge is -2.16. The first-order valence-corrected chi connectivity index (χ1v) is 11.1. The normalized spacial score (nSPS) is 24.8. The highest BCUT2D eigenvalue weighted by molar-refractivity contribution is 5.74. The third-order valence-electron chi connectivity index (χ3n) is 6.64. The zero-order valence-electron chi connectivity index (χ0n) is 17.4. The molecule has 4 heterocycles. The SMILES string of the molecule is CC[C@@H]1C[C@H](OC(=O)NCCN2CCCC2)C[C@@H]1c1nnc2cnc3[nH]ccc3n12. The molecule has 0 unspecified atom stereocenters. The molecule has 9 heteroatoms. The van der Waals surface area contributed by atoms with Crippen molar-refractivity contribution in [1.82, 2.24) is 34.8 Å². The van der Waals surface area contributed by atoms with E-state index in [2.05, 4.69) is 41.7 Å². The van der Waals surface area contributed by atoms with Crippen LogP contribution in [-0.4, -0.2) is 67.8 Å². The minimum atomic E-state index is -0.307. The average Bonchev–Trinajstić information content (AvgIpc) is 3.52. The second kappa shape index (κ2) is 8.22. The van der Waals surface area contributed by atoms with Gasteiger partial charge in [-0.2, -0.15) is 0 Å². The van der Waals surface area contributed by atoms with Gasteiger partial charge >= 0.3 is 6.09 Å². The lowest BCUT2D eigenvalue weighted by atomic mass is 9.93. The summed E-state index contributed by atoms with van der Waals surface area (Å²) in [5.74, 6) is 1.54. The molecule has 1 saturated carbocycles. The molecule has 2 fully saturated rings. The first-order chi connectivity index (χ1) is 14.7. The van der Waals surface area contributed by atoms with Gasteiger partial charge in [0, 0.05) is 25.2 Å². The van der Waals surface area contributed by atoms with Crippen LogP contribution in [0.1, 0.15) is 50.8 Å². The molecule has 5 rings (SSSR count). The number of hydrogen-bond acceptors (Lipinski definition) is 6. The summed E-state index contributed by atoms with van der Waals surface area (Å²) < 4.78 is 7.86. The minimum Gasteiger partial charge on any atom is -0.446 e. The van der Waals surface area contributed by atoms with E-state index in [1.807, 2.05) is 12.3 Å². The highest BCUT2D eigenvalue weighted by Gasteiger charge is 2.39. The Hall–Kier alpha value is -2.68. The lowest BCUT2D eigenvalue weighted by molar-refractivity contribution is 0.0974. The van der Waals surface area contributed by atoms with E-state index in [9.17, 15) is 4.79 Å². The predicted molar refractivity (Wildman–Crippen MR) is 112 cm³/mol. The van der Waals surface area contributed by atoms with Crippen LogP contribution in [0.4, 0.5) is 4.79 Å². The molecule has 30 heavy (non-hydrogen) atoms. The Balaban J connectivity index is 1.26. The van der Waals surface area contributed by atoms with E-state index in [1.54, 1.807) is 6.20 Å². The van der Waals surface area contributed by atoms with Crippen LogP contribution < -0.4 is 5.32 Å². The fraction of sp³-hybridized carbons (Fsp3) is 0.619. The van der Waals surface area contributed by atoms with Crippen molar-refractivity contribution in [1.29, 1.82) is 0 Å². The van der Waals surface area contributed by atoms with Gasteiger partial charge in [0.05, 0.1) is 11.7 Å². The van der Waals surface area contributed by atoms with E-state index >= 15 is 0 Å². The summed E-state index contributed by atoms with van der Waals surface area (Å²) >= 11 is 0. The summed E-state index contributed by atoms with van der Waals surface area (Å²) in [6, 6.07) is 2.00. The number of nitrogens with zero attached hydrogens (tertiary/aromatic N) is 5. The number of carbonyl (C=O) groups excluding carboxylic acids is 1. The minimum absolute atomic E-state index is 0.0948. The number of alkyl carbamates (subject to hydrolysis) is 1. The number of fused-ring (bicyclic) bond motifs is 3.